The van der Waals surface area contributed by atoms with Crippen LogP contribution < -0.4 is 0 Å². The summed E-state index contributed by atoms with van der Waals surface area (Å²) in [5.41, 5.74) is 8.09. The van der Waals surface area contributed by atoms with Crippen molar-refractivity contribution in [2.45, 2.75) is 33.1 Å². The van der Waals surface area contributed by atoms with Gasteiger partial charge in [-0.05, 0) is 55.5 Å². The zero-order chi connectivity index (χ0) is 16.2. The molecule has 115 valence electrons. The van der Waals surface area contributed by atoms with E-state index in [-0.39, 0.29) is 0 Å². The van der Waals surface area contributed by atoms with Gasteiger partial charge in [0.05, 0.1) is 0 Å². The summed E-state index contributed by atoms with van der Waals surface area (Å²) in [6.45, 7) is 6.46. The fourth-order valence-corrected chi connectivity index (χ4v) is 3.02. The Morgan fingerprint density at radius 1 is 0.739 bits per heavy atom. The van der Waals surface area contributed by atoms with Crippen LogP contribution in [0.15, 0.2) is 66.7 Å². The molecule has 0 unspecified atom stereocenters. The Hall–Kier alpha value is -2.34. The van der Waals surface area contributed by atoms with Crippen molar-refractivity contribution in [3.8, 4) is 0 Å². The van der Waals surface area contributed by atoms with Crippen LogP contribution in [0.2, 0.25) is 0 Å². The lowest BCUT2D eigenvalue weighted by Crippen LogP contribution is -2.06. The largest absolute Gasteiger partial charge is 0.0590 e. The Balaban J connectivity index is 2.01. The monoisotopic (exact) mass is 299 g/mol. The maximum atomic E-state index is 3.17. The zero-order valence-electron chi connectivity index (χ0n) is 14.1. The Bertz CT molecular complexity index is 718. The number of hydrogen-bond acceptors (Lipinski definition) is 0. The van der Waals surface area contributed by atoms with Crippen LogP contribution in [-0.4, -0.2) is 0 Å². The van der Waals surface area contributed by atoms with Crippen molar-refractivity contribution in [2.75, 3.05) is 0 Å². The van der Waals surface area contributed by atoms with E-state index in [9.17, 15) is 0 Å². The predicted molar refractivity (Wildman–Crippen MR) is 97.9 cm³/mol. The molecule has 0 aliphatic carbocycles. The molecule has 3 rings (SSSR count). The molecule has 0 aliphatic heterocycles. The highest BCUT2D eigenvalue weighted by molar-refractivity contribution is 5.38. The van der Waals surface area contributed by atoms with Crippen LogP contribution in [0.3, 0.4) is 0 Å². The molecule has 0 amide bonds. The number of benzene rings is 3. The third-order valence-corrected chi connectivity index (χ3v) is 4.57. The van der Waals surface area contributed by atoms with Crippen molar-refractivity contribution >= 4 is 0 Å². The fraction of sp³-hybridized carbons (Fsp3) is 0.217. The van der Waals surface area contributed by atoms with Crippen molar-refractivity contribution in [2.24, 2.45) is 0 Å². The SMILES string of the molecule is Cc1ccc(C(Cc2cc[c]cc2C)c2ccc(C)cc2)cc1. The van der Waals surface area contributed by atoms with Crippen LogP contribution in [0.25, 0.3) is 0 Å². The highest BCUT2D eigenvalue weighted by Crippen LogP contribution is 2.30. The molecular weight excluding hydrogens is 276 g/mol. The van der Waals surface area contributed by atoms with Crippen molar-refractivity contribution in [3.05, 3.63) is 106 Å². The molecule has 23 heavy (non-hydrogen) atoms. The van der Waals surface area contributed by atoms with E-state index in [2.05, 4.69) is 87.5 Å². The molecule has 3 aromatic carbocycles. The molecule has 0 heteroatoms. The van der Waals surface area contributed by atoms with E-state index in [4.69, 9.17) is 0 Å². The van der Waals surface area contributed by atoms with Gasteiger partial charge in [0.25, 0.3) is 0 Å². The van der Waals surface area contributed by atoms with Gasteiger partial charge in [0.2, 0.25) is 0 Å². The van der Waals surface area contributed by atoms with Crippen molar-refractivity contribution in [1.82, 2.24) is 0 Å². The summed E-state index contributed by atoms with van der Waals surface area (Å²) < 4.78 is 0. The topological polar surface area (TPSA) is 0 Å². The second-order valence-electron chi connectivity index (χ2n) is 6.43. The fourth-order valence-electron chi connectivity index (χ4n) is 3.02. The molecule has 0 saturated carbocycles. The molecular formula is C23H23. The van der Waals surface area contributed by atoms with Crippen LogP contribution in [0.5, 0.6) is 0 Å². The molecule has 0 aliphatic rings. The minimum absolute atomic E-state index is 0.386. The summed E-state index contributed by atoms with van der Waals surface area (Å²) >= 11 is 0. The third-order valence-electron chi connectivity index (χ3n) is 4.57. The molecule has 0 nitrogen and oxygen atoms in total. The van der Waals surface area contributed by atoms with Gasteiger partial charge in [-0.2, -0.15) is 0 Å². The first kappa shape index (κ1) is 15.6. The number of rotatable bonds is 4. The van der Waals surface area contributed by atoms with E-state index in [1.165, 1.54) is 33.4 Å². The van der Waals surface area contributed by atoms with E-state index in [0.29, 0.717) is 5.92 Å². The lowest BCUT2D eigenvalue weighted by molar-refractivity contribution is 0.799. The average Bonchev–Trinajstić information content (AvgIpc) is 2.56. The Morgan fingerprint density at radius 3 is 1.74 bits per heavy atom. The maximum Gasteiger partial charge on any atom is 0.0130 e. The lowest BCUT2D eigenvalue weighted by atomic mass is 9.84. The van der Waals surface area contributed by atoms with E-state index < -0.39 is 0 Å². The highest BCUT2D eigenvalue weighted by atomic mass is 14.2. The highest BCUT2D eigenvalue weighted by Gasteiger charge is 2.15. The average molecular weight is 299 g/mol. The molecule has 0 spiro atoms. The first-order valence-electron chi connectivity index (χ1n) is 8.22. The van der Waals surface area contributed by atoms with Gasteiger partial charge in [-0.1, -0.05) is 77.9 Å². The van der Waals surface area contributed by atoms with Gasteiger partial charge in [0.15, 0.2) is 0 Å². The summed E-state index contributed by atoms with van der Waals surface area (Å²) in [4.78, 5) is 0. The smallest absolute Gasteiger partial charge is 0.0130 e. The molecule has 1 radical (unpaired) electrons. The molecule has 0 bridgehead atoms. The normalized spacial score (nSPS) is 11.0. The van der Waals surface area contributed by atoms with Crippen LogP contribution in [-0.2, 0) is 6.42 Å². The molecule has 0 atom stereocenters. The van der Waals surface area contributed by atoms with Crippen LogP contribution >= 0.6 is 0 Å². The summed E-state index contributed by atoms with van der Waals surface area (Å²) in [6, 6.07) is 27.4. The molecule has 0 N–H and O–H groups in total. The summed E-state index contributed by atoms with van der Waals surface area (Å²) in [5, 5.41) is 0. The minimum Gasteiger partial charge on any atom is -0.0590 e. The van der Waals surface area contributed by atoms with Gasteiger partial charge >= 0.3 is 0 Å². The van der Waals surface area contributed by atoms with Gasteiger partial charge < -0.3 is 0 Å². The molecule has 3 aromatic rings. The van der Waals surface area contributed by atoms with E-state index >= 15 is 0 Å². The van der Waals surface area contributed by atoms with Crippen LogP contribution in [0.4, 0.5) is 0 Å². The van der Waals surface area contributed by atoms with E-state index in [0.717, 1.165) is 6.42 Å². The second kappa shape index (κ2) is 6.83. The molecule has 0 fully saturated rings. The van der Waals surface area contributed by atoms with Gasteiger partial charge in [-0.25, -0.2) is 0 Å². The maximum absolute atomic E-state index is 3.17. The van der Waals surface area contributed by atoms with E-state index in [1.54, 1.807) is 0 Å². The zero-order valence-corrected chi connectivity index (χ0v) is 14.1. The third kappa shape index (κ3) is 3.71. The van der Waals surface area contributed by atoms with Crippen LogP contribution in [0.1, 0.15) is 39.3 Å². The second-order valence-corrected chi connectivity index (χ2v) is 6.43. The van der Waals surface area contributed by atoms with Gasteiger partial charge in [0.1, 0.15) is 0 Å². The van der Waals surface area contributed by atoms with Gasteiger partial charge in [0, 0.05) is 5.92 Å². The first-order valence-corrected chi connectivity index (χ1v) is 8.22. The molecule has 0 heterocycles. The predicted octanol–water partition coefficient (Wildman–Crippen LogP) is 5.79. The summed E-state index contributed by atoms with van der Waals surface area (Å²) in [6.07, 6.45) is 1.02. The minimum atomic E-state index is 0.386. The number of aryl methyl sites for hydroxylation is 3. The Morgan fingerprint density at radius 2 is 1.26 bits per heavy atom. The molecule has 0 saturated heterocycles. The van der Waals surface area contributed by atoms with Crippen LogP contribution in [0, 0.1) is 26.8 Å². The van der Waals surface area contributed by atoms with Crippen molar-refractivity contribution in [3.63, 3.8) is 0 Å². The standard InChI is InChI=1S/C23H23/c1-17-8-12-20(13-9-17)23(21-14-10-18(2)11-15-21)16-22-7-5-4-6-19(22)3/h5-15,23H,16H2,1-3H3. The van der Waals surface area contributed by atoms with Gasteiger partial charge in [-0.15, -0.1) is 0 Å². The van der Waals surface area contributed by atoms with Gasteiger partial charge in [-0.3, -0.25) is 0 Å². The summed E-state index contributed by atoms with van der Waals surface area (Å²) in [5.74, 6) is 0.386. The summed E-state index contributed by atoms with van der Waals surface area (Å²) in [7, 11) is 0. The quantitative estimate of drug-likeness (QED) is 0.572. The Labute approximate surface area is 139 Å². The molecule has 0 aromatic heterocycles. The number of hydrogen-bond donors (Lipinski definition) is 0. The lowest BCUT2D eigenvalue weighted by Gasteiger charge is -2.20. The van der Waals surface area contributed by atoms with Crippen molar-refractivity contribution < 1.29 is 0 Å². The Kier molecular flexibility index (Phi) is 4.62. The first-order chi connectivity index (χ1) is 11.1. The van der Waals surface area contributed by atoms with E-state index in [1.807, 2.05) is 6.07 Å². The van der Waals surface area contributed by atoms with Crippen molar-refractivity contribution in [1.29, 1.82) is 0 Å².